The van der Waals surface area contributed by atoms with Crippen molar-refractivity contribution in [3.05, 3.63) is 25.3 Å². The second-order valence-electron chi connectivity index (χ2n) is 5.19. The molecule has 0 saturated carbocycles. The van der Waals surface area contributed by atoms with E-state index in [1.165, 1.54) is 0 Å². The maximum absolute atomic E-state index is 10.4. The Morgan fingerprint density at radius 1 is 1.00 bits per heavy atom. The lowest BCUT2D eigenvalue weighted by molar-refractivity contribution is 0.0841. The van der Waals surface area contributed by atoms with Crippen LogP contribution in [0.25, 0.3) is 0 Å². The number of rotatable bonds is 6. The summed E-state index contributed by atoms with van der Waals surface area (Å²) in [7, 11) is 0. The van der Waals surface area contributed by atoms with Gasteiger partial charge in [0.15, 0.2) is 0 Å². The Hall–Kier alpha value is -1.00. The molecule has 0 bridgehead atoms. The first-order chi connectivity index (χ1) is 7.33. The molecule has 0 aliphatic carbocycles. The fourth-order valence-corrected chi connectivity index (χ4v) is 1.24. The predicted octanol–water partition coefficient (Wildman–Crippen LogP) is 3.70. The van der Waals surface area contributed by atoms with Crippen molar-refractivity contribution in [1.82, 2.24) is 0 Å². The zero-order valence-electron chi connectivity index (χ0n) is 10.8. The van der Waals surface area contributed by atoms with Crippen LogP contribution < -0.4 is 0 Å². The molecule has 0 fully saturated rings. The summed E-state index contributed by atoms with van der Waals surface area (Å²) >= 11 is 0. The summed E-state index contributed by atoms with van der Waals surface area (Å²) in [5, 5.41) is 10.4. The average Bonchev–Trinajstić information content (AvgIpc) is 2.20. The smallest absolute Gasteiger partial charge is 0.126 e. The van der Waals surface area contributed by atoms with Crippen molar-refractivity contribution in [3.8, 4) is 11.8 Å². The molecule has 0 atom stereocenters. The minimum Gasteiger partial charge on any atom is -0.378 e. The van der Waals surface area contributed by atoms with Crippen LogP contribution in [-0.2, 0) is 0 Å². The molecule has 0 aromatic heterocycles. The average molecular weight is 220 g/mol. The summed E-state index contributed by atoms with van der Waals surface area (Å²) < 4.78 is 0. The molecule has 0 amide bonds. The summed E-state index contributed by atoms with van der Waals surface area (Å²) in [4.78, 5) is 0. The van der Waals surface area contributed by atoms with E-state index >= 15 is 0 Å². The van der Waals surface area contributed by atoms with Gasteiger partial charge in [-0.2, -0.15) is 0 Å². The second kappa shape index (κ2) is 6.55. The van der Waals surface area contributed by atoms with Gasteiger partial charge in [0.05, 0.1) is 0 Å². The summed E-state index contributed by atoms with van der Waals surface area (Å²) in [5.41, 5.74) is -0.966. The van der Waals surface area contributed by atoms with E-state index < -0.39 is 5.60 Å². The third kappa shape index (κ3) is 7.31. The molecule has 0 heterocycles. The third-order valence-electron chi connectivity index (χ3n) is 2.19. The molecule has 0 aliphatic heterocycles. The fraction of sp³-hybridized carbons (Fsp3) is 0.600. The Kier molecular flexibility index (Phi) is 6.14. The van der Waals surface area contributed by atoms with E-state index in [4.69, 9.17) is 0 Å². The topological polar surface area (TPSA) is 20.2 Å². The van der Waals surface area contributed by atoms with E-state index in [1.54, 1.807) is 0 Å². The lowest BCUT2D eigenvalue weighted by Crippen LogP contribution is -2.26. The lowest BCUT2D eigenvalue weighted by atomic mass is 9.89. The fourth-order valence-electron chi connectivity index (χ4n) is 1.24. The van der Waals surface area contributed by atoms with Crippen LogP contribution in [0.15, 0.2) is 25.3 Å². The van der Waals surface area contributed by atoms with E-state index in [0.29, 0.717) is 12.8 Å². The van der Waals surface area contributed by atoms with Gasteiger partial charge in [0.2, 0.25) is 0 Å². The molecule has 1 N–H and O–H groups in total. The van der Waals surface area contributed by atoms with Gasteiger partial charge in [0, 0.05) is 5.41 Å². The van der Waals surface area contributed by atoms with Crippen LogP contribution in [0.5, 0.6) is 0 Å². The minimum absolute atomic E-state index is 0.0731. The van der Waals surface area contributed by atoms with Gasteiger partial charge in [-0.05, 0) is 46.5 Å². The summed E-state index contributed by atoms with van der Waals surface area (Å²) in [6.07, 6.45) is 6.50. The van der Waals surface area contributed by atoms with Crippen LogP contribution in [0.3, 0.4) is 0 Å². The van der Waals surface area contributed by atoms with Crippen LogP contribution >= 0.6 is 0 Å². The van der Waals surface area contributed by atoms with Crippen molar-refractivity contribution >= 4 is 0 Å². The largest absolute Gasteiger partial charge is 0.378 e. The molecule has 90 valence electrons. The lowest BCUT2D eigenvalue weighted by Gasteiger charge is -2.22. The zero-order chi connectivity index (χ0) is 12.7. The van der Waals surface area contributed by atoms with Crippen molar-refractivity contribution in [2.24, 2.45) is 5.41 Å². The van der Waals surface area contributed by atoms with Gasteiger partial charge >= 0.3 is 0 Å². The third-order valence-corrected chi connectivity index (χ3v) is 2.19. The highest BCUT2D eigenvalue weighted by Gasteiger charge is 2.22. The first-order valence-electron chi connectivity index (χ1n) is 5.81. The van der Waals surface area contributed by atoms with Crippen molar-refractivity contribution in [2.45, 2.75) is 52.1 Å². The molecular formula is C15H24O. The van der Waals surface area contributed by atoms with Gasteiger partial charge < -0.3 is 5.11 Å². The Bertz CT molecular complexity index is 271. The first kappa shape index (κ1) is 15.0. The van der Waals surface area contributed by atoms with Crippen molar-refractivity contribution in [3.63, 3.8) is 0 Å². The molecule has 0 aromatic rings. The first-order valence-corrected chi connectivity index (χ1v) is 5.81. The number of hydrogen-bond acceptors (Lipinski definition) is 1. The van der Waals surface area contributed by atoms with Crippen LogP contribution in [0.4, 0.5) is 0 Å². The minimum atomic E-state index is -0.893. The van der Waals surface area contributed by atoms with E-state index in [0.717, 1.165) is 12.8 Å². The molecule has 0 unspecified atom stereocenters. The summed E-state index contributed by atoms with van der Waals surface area (Å²) in [6, 6.07) is 0. The standard InChI is InChI=1S/C15H24O/c1-6-8-10-15(16,11-9-7-2)13-12-14(3,4)5/h6-7,16H,1-2,8-11H2,3-5H3. The van der Waals surface area contributed by atoms with E-state index in [9.17, 15) is 5.11 Å². The SMILES string of the molecule is C=CCCC(O)(C#CC(C)(C)C)CCC=C. The molecule has 16 heavy (non-hydrogen) atoms. The van der Waals surface area contributed by atoms with Crippen molar-refractivity contribution in [2.75, 3.05) is 0 Å². The maximum atomic E-state index is 10.4. The molecule has 0 aliphatic rings. The summed E-state index contributed by atoms with van der Waals surface area (Å²) in [5.74, 6) is 6.13. The van der Waals surface area contributed by atoms with E-state index in [2.05, 4.69) is 25.0 Å². The molecule has 0 spiro atoms. The number of hydrogen-bond donors (Lipinski definition) is 1. The van der Waals surface area contributed by atoms with Gasteiger partial charge in [-0.25, -0.2) is 0 Å². The molecule has 0 saturated heterocycles. The highest BCUT2D eigenvalue weighted by atomic mass is 16.3. The monoisotopic (exact) mass is 220 g/mol. The van der Waals surface area contributed by atoms with Gasteiger partial charge in [-0.15, -0.1) is 13.2 Å². The van der Waals surface area contributed by atoms with Gasteiger partial charge in [-0.3, -0.25) is 0 Å². The molecule has 1 heteroatoms. The highest BCUT2D eigenvalue weighted by molar-refractivity contribution is 5.18. The summed E-state index contributed by atoms with van der Waals surface area (Å²) in [6.45, 7) is 13.5. The maximum Gasteiger partial charge on any atom is 0.126 e. The number of allylic oxidation sites excluding steroid dienone is 2. The molecule has 1 nitrogen and oxygen atoms in total. The molecular weight excluding hydrogens is 196 g/mol. The Morgan fingerprint density at radius 3 is 1.75 bits per heavy atom. The zero-order valence-corrected chi connectivity index (χ0v) is 10.8. The highest BCUT2D eigenvalue weighted by Crippen LogP contribution is 2.21. The van der Waals surface area contributed by atoms with E-state index in [-0.39, 0.29) is 5.41 Å². The van der Waals surface area contributed by atoms with Gasteiger partial charge in [-0.1, -0.05) is 24.0 Å². The second-order valence-corrected chi connectivity index (χ2v) is 5.19. The van der Waals surface area contributed by atoms with Crippen molar-refractivity contribution < 1.29 is 5.11 Å². The van der Waals surface area contributed by atoms with Gasteiger partial charge in [0.25, 0.3) is 0 Å². The van der Waals surface area contributed by atoms with Crippen LogP contribution in [0, 0.1) is 17.3 Å². The van der Waals surface area contributed by atoms with Crippen LogP contribution in [0.2, 0.25) is 0 Å². The normalized spacial score (nSPS) is 11.5. The van der Waals surface area contributed by atoms with E-state index in [1.807, 2.05) is 32.9 Å². The predicted molar refractivity (Wildman–Crippen MR) is 71.0 cm³/mol. The number of aliphatic hydroxyl groups is 1. The molecule has 0 aromatic carbocycles. The van der Waals surface area contributed by atoms with Crippen LogP contribution in [-0.4, -0.2) is 10.7 Å². The van der Waals surface area contributed by atoms with Crippen LogP contribution in [0.1, 0.15) is 46.5 Å². The molecule has 0 rings (SSSR count). The Labute approximate surface area is 100 Å². The Morgan fingerprint density at radius 2 is 1.44 bits per heavy atom. The molecule has 0 radical (unpaired) electrons. The quantitative estimate of drug-likeness (QED) is 0.534. The van der Waals surface area contributed by atoms with Crippen molar-refractivity contribution in [1.29, 1.82) is 0 Å². The van der Waals surface area contributed by atoms with Gasteiger partial charge in [0.1, 0.15) is 5.60 Å². The Balaban J connectivity index is 4.67.